The van der Waals surface area contributed by atoms with Crippen LogP contribution >= 0.6 is 0 Å². The van der Waals surface area contributed by atoms with Gasteiger partial charge in [0.2, 0.25) is 0 Å². The lowest BCUT2D eigenvalue weighted by Gasteiger charge is -2.18. The lowest BCUT2D eigenvalue weighted by Crippen LogP contribution is -2.26. The van der Waals surface area contributed by atoms with Gasteiger partial charge in [0.05, 0.1) is 28.4 Å². The summed E-state index contributed by atoms with van der Waals surface area (Å²) in [5.74, 6) is -4.21. The predicted molar refractivity (Wildman–Crippen MR) is 130 cm³/mol. The number of phenols is 1. The molecule has 0 unspecified atom stereocenters. The van der Waals surface area contributed by atoms with Crippen LogP contribution in [0.1, 0.15) is 44.3 Å². The Balaban J connectivity index is 2.10. The molecule has 9 nitrogen and oxygen atoms in total. The molecule has 0 aromatic heterocycles. The second-order valence-electron chi connectivity index (χ2n) is 7.82. The van der Waals surface area contributed by atoms with E-state index in [-0.39, 0.29) is 28.9 Å². The first-order chi connectivity index (χ1) is 17.9. The fourth-order valence-electron chi connectivity index (χ4n) is 3.63. The number of benzene rings is 3. The van der Waals surface area contributed by atoms with Gasteiger partial charge in [0.1, 0.15) is 11.5 Å². The molecule has 3 aromatic carbocycles. The molecule has 0 aliphatic rings. The summed E-state index contributed by atoms with van der Waals surface area (Å²) in [6, 6.07) is 11.4. The minimum atomic E-state index is -4.78. The Hall–Kier alpha value is -5.18. The summed E-state index contributed by atoms with van der Waals surface area (Å²) in [6.07, 6.45) is -4.78. The normalized spacial score (nSPS) is 10.8. The smallest absolute Gasteiger partial charge is 0.417 e. The highest BCUT2D eigenvalue weighted by atomic mass is 19.4. The van der Waals surface area contributed by atoms with Gasteiger partial charge < -0.3 is 20.8 Å². The number of nitrogens with zero attached hydrogens (tertiary/aromatic N) is 1. The van der Waals surface area contributed by atoms with Gasteiger partial charge >= 0.3 is 12.1 Å². The van der Waals surface area contributed by atoms with E-state index in [0.29, 0.717) is 0 Å². The number of hydrogen-bond acceptors (Lipinski definition) is 6. The Labute approximate surface area is 213 Å². The van der Waals surface area contributed by atoms with Crippen LogP contribution in [0.4, 0.5) is 18.9 Å². The van der Waals surface area contributed by atoms with Crippen LogP contribution in [0.2, 0.25) is 0 Å². The van der Waals surface area contributed by atoms with Gasteiger partial charge in [-0.05, 0) is 54.4 Å². The van der Waals surface area contributed by atoms with Crippen LogP contribution in [0.25, 0.3) is 11.1 Å². The fourth-order valence-corrected chi connectivity index (χ4v) is 3.63. The maximum absolute atomic E-state index is 13.7. The summed E-state index contributed by atoms with van der Waals surface area (Å²) >= 11 is 0. The largest absolute Gasteiger partial charge is 0.507 e. The van der Waals surface area contributed by atoms with Gasteiger partial charge in [-0.2, -0.15) is 18.4 Å². The number of carbonyl (C=O) groups is 3. The van der Waals surface area contributed by atoms with Crippen molar-refractivity contribution in [2.24, 2.45) is 0 Å². The highest BCUT2D eigenvalue weighted by molar-refractivity contribution is 6.48. The van der Waals surface area contributed by atoms with Gasteiger partial charge in [-0.3, -0.25) is 15.0 Å². The molecule has 38 heavy (non-hydrogen) atoms. The number of nitrogens with one attached hydrogen (secondary N) is 3. The lowest BCUT2D eigenvalue weighted by molar-refractivity contribution is -0.137. The highest BCUT2D eigenvalue weighted by Gasteiger charge is 2.34. The Kier molecular flexibility index (Phi) is 7.81. The van der Waals surface area contributed by atoms with Crippen LogP contribution in [-0.2, 0) is 11.0 Å². The predicted octanol–water partition coefficient (Wildman–Crippen LogP) is 4.40. The van der Waals surface area contributed by atoms with E-state index in [1.165, 1.54) is 18.2 Å². The molecule has 0 spiro atoms. The van der Waals surface area contributed by atoms with Crippen molar-refractivity contribution in [1.82, 2.24) is 5.32 Å². The van der Waals surface area contributed by atoms with Crippen molar-refractivity contribution < 1.29 is 37.8 Å². The van der Waals surface area contributed by atoms with Crippen molar-refractivity contribution in [3.8, 4) is 22.9 Å². The van der Waals surface area contributed by atoms with Crippen LogP contribution in [0.3, 0.4) is 0 Å². The number of amides is 2. The summed E-state index contributed by atoms with van der Waals surface area (Å²) < 4.78 is 41.0. The molecule has 0 fully saturated rings. The zero-order chi connectivity index (χ0) is 28.2. The third kappa shape index (κ3) is 5.62. The average molecular weight is 524 g/mol. The molecule has 0 aliphatic heterocycles. The molecule has 0 saturated heterocycles. The Morgan fingerprint density at radius 2 is 1.68 bits per heavy atom. The zero-order valence-corrected chi connectivity index (χ0v) is 19.6. The summed E-state index contributed by atoms with van der Waals surface area (Å²) in [5.41, 5.74) is -4.13. The number of carboxylic acids is 1. The molecule has 3 rings (SSSR count). The monoisotopic (exact) mass is 524 g/mol. The molecule has 0 radical (unpaired) electrons. The quantitative estimate of drug-likeness (QED) is 0.288. The second-order valence-corrected chi connectivity index (χ2v) is 7.82. The molecular formula is C26H19F3N4O5. The number of phenolic OH excluding ortho intramolecular Hbond substituents is 1. The molecule has 0 saturated carbocycles. The first kappa shape index (κ1) is 27.4. The first-order valence-corrected chi connectivity index (χ1v) is 10.9. The van der Waals surface area contributed by atoms with Crippen molar-refractivity contribution in [2.45, 2.75) is 13.1 Å². The maximum atomic E-state index is 13.7. The van der Waals surface area contributed by atoms with E-state index < -0.39 is 57.7 Å². The molecular weight excluding hydrogens is 505 g/mol. The van der Waals surface area contributed by atoms with Gasteiger partial charge in [-0.25, -0.2) is 4.79 Å². The highest BCUT2D eigenvalue weighted by Crippen LogP contribution is 2.40. The molecule has 0 bridgehead atoms. The maximum Gasteiger partial charge on any atom is 0.417 e. The molecule has 0 atom stereocenters. The minimum absolute atomic E-state index is 0.00873. The number of rotatable bonds is 7. The molecule has 2 amide bonds. The second kappa shape index (κ2) is 10.8. The third-order valence-corrected chi connectivity index (χ3v) is 5.36. The molecule has 0 heterocycles. The van der Waals surface area contributed by atoms with E-state index in [9.17, 15) is 37.8 Å². The van der Waals surface area contributed by atoms with Gasteiger partial charge in [0.15, 0.2) is 0 Å². The SMILES string of the molecule is CCNC(=O)c1cc(C(=N)C(=O)Nc2ccc(C#N)cc2C(=O)O)c(O)cc1-c1ccccc1C(F)(F)F. The van der Waals surface area contributed by atoms with Crippen LogP contribution in [0.15, 0.2) is 54.6 Å². The van der Waals surface area contributed by atoms with E-state index in [1.807, 2.05) is 0 Å². The van der Waals surface area contributed by atoms with E-state index in [2.05, 4.69) is 10.6 Å². The van der Waals surface area contributed by atoms with Crippen LogP contribution < -0.4 is 10.6 Å². The molecule has 3 aromatic rings. The summed E-state index contributed by atoms with van der Waals surface area (Å²) in [5, 5.41) is 41.9. The number of nitriles is 1. The first-order valence-electron chi connectivity index (χ1n) is 10.9. The lowest BCUT2D eigenvalue weighted by atomic mass is 9.91. The third-order valence-electron chi connectivity index (χ3n) is 5.36. The van der Waals surface area contributed by atoms with Crippen molar-refractivity contribution in [2.75, 3.05) is 11.9 Å². The summed E-state index contributed by atoms with van der Waals surface area (Å²) in [7, 11) is 0. The zero-order valence-electron chi connectivity index (χ0n) is 19.6. The number of carbonyl (C=O) groups excluding carboxylic acids is 2. The average Bonchev–Trinajstić information content (AvgIpc) is 2.87. The Morgan fingerprint density at radius 3 is 2.29 bits per heavy atom. The molecule has 194 valence electrons. The standard InChI is InChI=1S/C26H19F3N4O5/c1-2-32-23(35)16-10-18(21(34)11-15(16)14-5-3-4-6-19(14)26(27,28)29)22(31)24(36)33-20-8-7-13(12-30)9-17(20)25(37)38/h3-11,31,34H,2H2,1H3,(H,32,35)(H,33,36)(H,37,38). The molecule has 12 heteroatoms. The molecule has 0 aliphatic carbocycles. The van der Waals surface area contributed by atoms with E-state index in [0.717, 1.165) is 36.4 Å². The number of hydrogen-bond donors (Lipinski definition) is 5. The summed E-state index contributed by atoms with van der Waals surface area (Å²) in [4.78, 5) is 37.1. The minimum Gasteiger partial charge on any atom is -0.507 e. The van der Waals surface area contributed by atoms with E-state index in [1.54, 1.807) is 13.0 Å². The number of aromatic carboxylic acids is 1. The van der Waals surface area contributed by atoms with Crippen LogP contribution in [0, 0.1) is 16.7 Å². The van der Waals surface area contributed by atoms with Gasteiger partial charge in [0.25, 0.3) is 11.8 Å². The number of aromatic hydroxyl groups is 1. The van der Waals surface area contributed by atoms with Crippen LogP contribution in [0.5, 0.6) is 5.75 Å². The number of anilines is 1. The number of halogens is 3. The number of alkyl halides is 3. The van der Waals surface area contributed by atoms with Crippen molar-refractivity contribution in [1.29, 1.82) is 10.7 Å². The molecule has 5 N–H and O–H groups in total. The number of carboxylic acid groups (broad SMARTS) is 1. The summed E-state index contributed by atoms with van der Waals surface area (Å²) in [6.45, 7) is 1.69. The topological polar surface area (TPSA) is 163 Å². The van der Waals surface area contributed by atoms with Crippen molar-refractivity contribution >= 4 is 29.2 Å². The van der Waals surface area contributed by atoms with Crippen molar-refractivity contribution in [3.63, 3.8) is 0 Å². The van der Waals surface area contributed by atoms with Gasteiger partial charge in [-0.15, -0.1) is 0 Å². The fraction of sp³-hybridized carbons (Fsp3) is 0.115. The van der Waals surface area contributed by atoms with Gasteiger partial charge in [0, 0.05) is 17.7 Å². The van der Waals surface area contributed by atoms with Crippen LogP contribution in [-0.4, -0.2) is 40.3 Å². The Bertz CT molecular complexity index is 1510. The van der Waals surface area contributed by atoms with E-state index in [4.69, 9.17) is 10.7 Å². The Morgan fingerprint density at radius 1 is 1.00 bits per heavy atom. The van der Waals surface area contributed by atoms with Crippen molar-refractivity contribution in [3.05, 3.63) is 82.4 Å². The van der Waals surface area contributed by atoms with E-state index >= 15 is 0 Å². The van der Waals surface area contributed by atoms with Gasteiger partial charge in [-0.1, -0.05) is 18.2 Å².